The molecular formula is C14H20N2O2. The van der Waals surface area contributed by atoms with Gasteiger partial charge in [0.05, 0.1) is 12.5 Å². The van der Waals surface area contributed by atoms with E-state index in [0.29, 0.717) is 0 Å². The Balaban J connectivity index is 2.29. The smallest absolute Gasteiger partial charge is 0.237 e. The number of rotatable bonds is 3. The number of anilines is 1. The molecule has 1 atom stereocenters. The van der Waals surface area contributed by atoms with Crippen molar-refractivity contribution in [3.05, 3.63) is 24.3 Å². The molecular weight excluding hydrogens is 228 g/mol. The third kappa shape index (κ3) is 1.77. The Bertz CT molecular complexity index is 451. The summed E-state index contributed by atoms with van der Waals surface area (Å²) in [7, 11) is 5.63. The summed E-state index contributed by atoms with van der Waals surface area (Å²) in [6.07, 6.45) is 0.0957. The highest BCUT2D eigenvalue weighted by atomic mass is 16.5. The highest BCUT2D eigenvalue weighted by Crippen LogP contribution is 2.42. The average Bonchev–Trinajstić information content (AvgIpc) is 2.34. The minimum Gasteiger partial charge on any atom is -0.497 e. The third-order valence-electron chi connectivity index (χ3n) is 3.50. The van der Waals surface area contributed by atoms with Gasteiger partial charge in [-0.15, -0.1) is 0 Å². The van der Waals surface area contributed by atoms with Crippen molar-refractivity contribution in [1.29, 1.82) is 0 Å². The fourth-order valence-corrected chi connectivity index (χ4v) is 2.67. The number of ether oxygens (including phenoxy) is 1. The van der Waals surface area contributed by atoms with Gasteiger partial charge in [0.1, 0.15) is 11.9 Å². The lowest BCUT2D eigenvalue weighted by molar-refractivity contribution is -0.142. The molecule has 0 bridgehead atoms. The minimum atomic E-state index is -0.330. The van der Waals surface area contributed by atoms with Crippen molar-refractivity contribution >= 4 is 11.6 Å². The number of carbonyl (C=O) groups excluding carboxylic acids is 1. The monoisotopic (exact) mass is 248 g/mol. The van der Waals surface area contributed by atoms with E-state index >= 15 is 0 Å². The van der Waals surface area contributed by atoms with Gasteiger partial charge in [-0.2, -0.15) is 0 Å². The molecule has 1 aromatic rings. The molecule has 0 N–H and O–H groups in total. The maximum absolute atomic E-state index is 12.2. The first kappa shape index (κ1) is 12.9. The summed E-state index contributed by atoms with van der Waals surface area (Å²) in [5.74, 6) is 0.957. The summed E-state index contributed by atoms with van der Waals surface area (Å²) < 4.78 is 5.13. The van der Waals surface area contributed by atoms with E-state index in [0.717, 1.165) is 11.4 Å². The van der Waals surface area contributed by atoms with Gasteiger partial charge >= 0.3 is 0 Å². The zero-order valence-corrected chi connectivity index (χ0v) is 11.6. The normalized spacial score (nSPS) is 22.0. The lowest BCUT2D eigenvalue weighted by Gasteiger charge is -2.55. The number of benzene rings is 1. The number of β-lactam (4-membered cyclic amide) rings is 1. The molecule has 1 saturated heterocycles. The van der Waals surface area contributed by atoms with Gasteiger partial charge in [0, 0.05) is 5.69 Å². The molecule has 1 aliphatic rings. The van der Waals surface area contributed by atoms with Crippen LogP contribution >= 0.6 is 0 Å². The maximum Gasteiger partial charge on any atom is 0.237 e. The van der Waals surface area contributed by atoms with Crippen molar-refractivity contribution in [3.8, 4) is 5.75 Å². The molecule has 1 fully saturated rings. The molecule has 0 aromatic heterocycles. The first-order chi connectivity index (χ1) is 8.39. The molecule has 4 heteroatoms. The van der Waals surface area contributed by atoms with Crippen LogP contribution in [-0.4, -0.2) is 38.2 Å². The Kier molecular flexibility index (Phi) is 3.07. The summed E-state index contributed by atoms with van der Waals surface area (Å²) in [6, 6.07) is 7.59. The summed E-state index contributed by atoms with van der Waals surface area (Å²) in [5.41, 5.74) is 0.586. The number of methoxy groups -OCH3 is 1. The van der Waals surface area contributed by atoms with Crippen LogP contribution in [0.4, 0.5) is 5.69 Å². The standard InChI is InChI=1S/C14H20N2O2/c1-14(2)12(15(3)4)16(13(14)17)10-6-8-11(18-5)9-7-10/h6-9,12H,1-5H3. The van der Waals surface area contributed by atoms with Crippen LogP contribution in [-0.2, 0) is 4.79 Å². The molecule has 1 aliphatic heterocycles. The fraction of sp³-hybridized carbons (Fsp3) is 0.500. The predicted molar refractivity (Wildman–Crippen MR) is 71.7 cm³/mol. The molecule has 1 heterocycles. The molecule has 4 nitrogen and oxygen atoms in total. The van der Waals surface area contributed by atoms with E-state index < -0.39 is 0 Å². The van der Waals surface area contributed by atoms with Gasteiger partial charge in [-0.3, -0.25) is 14.6 Å². The third-order valence-corrected chi connectivity index (χ3v) is 3.50. The van der Waals surface area contributed by atoms with Crippen LogP contribution in [0, 0.1) is 5.41 Å². The quantitative estimate of drug-likeness (QED) is 0.767. The molecule has 0 radical (unpaired) electrons. The van der Waals surface area contributed by atoms with E-state index in [4.69, 9.17) is 4.74 Å². The highest BCUT2D eigenvalue weighted by molar-refractivity contribution is 6.05. The van der Waals surface area contributed by atoms with Crippen molar-refractivity contribution in [3.63, 3.8) is 0 Å². The second-order valence-corrected chi connectivity index (χ2v) is 5.43. The van der Waals surface area contributed by atoms with Gasteiger partial charge in [-0.1, -0.05) is 0 Å². The predicted octanol–water partition coefficient (Wildman–Crippen LogP) is 1.96. The second-order valence-electron chi connectivity index (χ2n) is 5.43. The van der Waals surface area contributed by atoms with Crippen LogP contribution in [0.25, 0.3) is 0 Å². The Morgan fingerprint density at radius 2 is 1.78 bits per heavy atom. The average molecular weight is 248 g/mol. The number of nitrogens with zero attached hydrogens (tertiary/aromatic N) is 2. The van der Waals surface area contributed by atoms with Crippen LogP contribution in [0.5, 0.6) is 5.75 Å². The lowest BCUT2D eigenvalue weighted by Crippen LogP contribution is -2.71. The Hall–Kier alpha value is -1.55. The number of hydrogen-bond acceptors (Lipinski definition) is 3. The van der Waals surface area contributed by atoms with Crippen LogP contribution < -0.4 is 9.64 Å². The summed E-state index contributed by atoms with van der Waals surface area (Å²) in [4.78, 5) is 16.1. The van der Waals surface area contributed by atoms with E-state index in [2.05, 4.69) is 4.90 Å². The zero-order valence-electron chi connectivity index (χ0n) is 11.6. The Labute approximate surface area is 108 Å². The van der Waals surface area contributed by atoms with Crippen molar-refractivity contribution in [2.75, 3.05) is 26.1 Å². The van der Waals surface area contributed by atoms with E-state index in [1.165, 1.54) is 0 Å². The summed E-state index contributed by atoms with van der Waals surface area (Å²) in [6.45, 7) is 3.97. The number of carbonyl (C=O) groups is 1. The van der Waals surface area contributed by atoms with Gasteiger partial charge in [-0.05, 0) is 52.2 Å². The van der Waals surface area contributed by atoms with Gasteiger partial charge in [0.2, 0.25) is 5.91 Å². The highest BCUT2D eigenvalue weighted by Gasteiger charge is 2.55. The zero-order chi connectivity index (χ0) is 13.5. The molecule has 2 rings (SSSR count). The van der Waals surface area contributed by atoms with Crippen LogP contribution in [0.1, 0.15) is 13.8 Å². The van der Waals surface area contributed by atoms with Crippen LogP contribution in [0.15, 0.2) is 24.3 Å². The topological polar surface area (TPSA) is 32.8 Å². The molecule has 98 valence electrons. The van der Waals surface area contributed by atoms with E-state index in [1.54, 1.807) is 7.11 Å². The lowest BCUT2D eigenvalue weighted by atomic mass is 9.77. The molecule has 18 heavy (non-hydrogen) atoms. The summed E-state index contributed by atoms with van der Waals surface area (Å²) >= 11 is 0. The van der Waals surface area contributed by atoms with Crippen molar-refractivity contribution in [1.82, 2.24) is 4.90 Å². The molecule has 1 amide bonds. The van der Waals surface area contributed by atoms with Gasteiger partial charge < -0.3 is 4.74 Å². The van der Waals surface area contributed by atoms with E-state index in [-0.39, 0.29) is 17.5 Å². The van der Waals surface area contributed by atoms with Gasteiger partial charge in [0.25, 0.3) is 0 Å². The fourth-order valence-electron chi connectivity index (χ4n) is 2.67. The first-order valence-electron chi connectivity index (χ1n) is 6.03. The molecule has 0 spiro atoms. The molecule has 0 aliphatic carbocycles. The van der Waals surface area contributed by atoms with Crippen molar-refractivity contribution < 1.29 is 9.53 Å². The Morgan fingerprint density at radius 1 is 1.22 bits per heavy atom. The molecule has 1 aromatic carbocycles. The van der Waals surface area contributed by atoms with Gasteiger partial charge in [0.15, 0.2) is 0 Å². The van der Waals surface area contributed by atoms with Crippen LogP contribution in [0.2, 0.25) is 0 Å². The van der Waals surface area contributed by atoms with E-state index in [9.17, 15) is 4.79 Å². The Morgan fingerprint density at radius 3 is 2.22 bits per heavy atom. The van der Waals surface area contributed by atoms with Crippen molar-refractivity contribution in [2.45, 2.75) is 20.0 Å². The van der Waals surface area contributed by atoms with Gasteiger partial charge in [-0.25, -0.2) is 0 Å². The minimum absolute atomic E-state index is 0.0957. The van der Waals surface area contributed by atoms with E-state index in [1.807, 2.05) is 57.1 Å². The second kappa shape index (κ2) is 4.28. The first-order valence-corrected chi connectivity index (χ1v) is 6.03. The van der Waals surface area contributed by atoms with Crippen molar-refractivity contribution in [2.24, 2.45) is 5.41 Å². The summed E-state index contributed by atoms with van der Waals surface area (Å²) in [5, 5.41) is 0. The largest absolute Gasteiger partial charge is 0.497 e. The molecule has 0 saturated carbocycles. The number of amides is 1. The van der Waals surface area contributed by atoms with Crippen LogP contribution in [0.3, 0.4) is 0 Å². The maximum atomic E-state index is 12.2. The molecule has 1 unspecified atom stereocenters. The SMILES string of the molecule is COc1ccc(N2C(=O)C(C)(C)C2N(C)C)cc1. The number of hydrogen-bond donors (Lipinski definition) is 0.